The highest BCUT2D eigenvalue weighted by Crippen LogP contribution is 2.19. The fourth-order valence-electron chi connectivity index (χ4n) is 1.21. The molecule has 5 heteroatoms. The van der Waals surface area contributed by atoms with Crippen molar-refractivity contribution in [3.8, 4) is 0 Å². The van der Waals surface area contributed by atoms with Crippen molar-refractivity contribution < 1.29 is 9.13 Å². The number of ether oxygens (including phenoxy) is 1. The molecule has 1 aromatic rings. The zero-order valence-electron chi connectivity index (χ0n) is 10.2. The lowest BCUT2D eigenvalue weighted by Crippen LogP contribution is -2.41. The second kappa shape index (κ2) is 7.66. The van der Waals surface area contributed by atoms with E-state index in [9.17, 15) is 4.39 Å². The lowest BCUT2D eigenvalue weighted by atomic mass is 10.3. The highest BCUT2D eigenvalue weighted by atomic mass is 32.2. The van der Waals surface area contributed by atoms with E-state index in [4.69, 9.17) is 10.6 Å². The van der Waals surface area contributed by atoms with Crippen LogP contribution in [0.5, 0.6) is 0 Å². The number of rotatable bonds is 7. The Morgan fingerprint density at radius 2 is 2.24 bits per heavy atom. The molecule has 0 bridgehead atoms. The van der Waals surface area contributed by atoms with E-state index in [1.807, 2.05) is 19.9 Å². The highest BCUT2D eigenvalue weighted by molar-refractivity contribution is 7.99. The molecule has 1 rings (SSSR count). The van der Waals surface area contributed by atoms with Crippen LogP contribution in [0.4, 0.5) is 4.39 Å². The molecule has 17 heavy (non-hydrogen) atoms. The molecule has 1 atom stereocenters. The van der Waals surface area contributed by atoms with Gasteiger partial charge in [-0.1, -0.05) is 6.07 Å². The molecule has 1 unspecified atom stereocenters. The van der Waals surface area contributed by atoms with E-state index in [-0.39, 0.29) is 18.0 Å². The Morgan fingerprint density at radius 3 is 2.82 bits per heavy atom. The highest BCUT2D eigenvalue weighted by Gasteiger charge is 2.08. The molecule has 0 spiro atoms. The molecule has 0 amide bonds. The molecule has 0 radical (unpaired) electrons. The zero-order chi connectivity index (χ0) is 12.7. The van der Waals surface area contributed by atoms with E-state index in [0.717, 1.165) is 10.6 Å². The molecule has 0 aromatic heterocycles. The molecule has 0 aliphatic heterocycles. The van der Waals surface area contributed by atoms with Gasteiger partial charge in [-0.05, 0) is 32.0 Å². The van der Waals surface area contributed by atoms with Gasteiger partial charge in [-0.3, -0.25) is 11.3 Å². The third-order valence-corrected chi connectivity index (χ3v) is 3.27. The predicted molar refractivity (Wildman–Crippen MR) is 69.3 cm³/mol. The average molecular weight is 258 g/mol. The summed E-state index contributed by atoms with van der Waals surface area (Å²) in [7, 11) is 0. The molecule has 0 aliphatic carbocycles. The van der Waals surface area contributed by atoms with Crippen molar-refractivity contribution in [2.75, 3.05) is 12.4 Å². The van der Waals surface area contributed by atoms with E-state index in [1.165, 1.54) is 12.1 Å². The Bertz CT molecular complexity index is 336. The fourth-order valence-corrected chi connectivity index (χ4v) is 2.16. The smallest absolute Gasteiger partial charge is 0.124 e. The number of thioether (sulfide) groups is 1. The Morgan fingerprint density at radius 1 is 1.47 bits per heavy atom. The molecular weight excluding hydrogens is 239 g/mol. The maximum absolute atomic E-state index is 12.9. The van der Waals surface area contributed by atoms with Gasteiger partial charge in [-0.25, -0.2) is 4.39 Å². The summed E-state index contributed by atoms with van der Waals surface area (Å²) in [6, 6.07) is 6.59. The van der Waals surface area contributed by atoms with Gasteiger partial charge in [0.25, 0.3) is 0 Å². The van der Waals surface area contributed by atoms with Gasteiger partial charge < -0.3 is 4.74 Å². The Kier molecular flexibility index (Phi) is 6.50. The number of hydrogen-bond donors (Lipinski definition) is 2. The third-order valence-electron chi connectivity index (χ3n) is 2.11. The summed E-state index contributed by atoms with van der Waals surface area (Å²) in [6.07, 6.45) is 0.185. The first-order valence-electron chi connectivity index (χ1n) is 5.58. The SMILES string of the molecule is CC(C)OCC(CSc1cccc(F)c1)NN. The topological polar surface area (TPSA) is 47.3 Å². The minimum atomic E-state index is -0.217. The molecule has 96 valence electrons. The van der Waals surface area contributed by atoms with Crippen molar-refractivity contribution >= 4 is 11.8 Å². The van der Waals surface area contributed by atoms with Gasteiger partial charge in [0.05, 0.1) is 18.8 Å². The molecule has 3 N–H and O–H groups in total. The number of halogens is 1. The standard InChI is InChI=1S/C12H19FN2OS/c1-9(2)16-7-11(15-14)8-17-12-5-3-4-10(13)6-12/h3-6,9,11,15H,7-8,14H2,1-2H3. The maximum atomic E-state index is 12.9. The largest absolute Gasteiger partial charge is 0.377 e. The van der Waals surface area contributed by atoms with Crippen LogP contribution in [0.1, 0.15) is 13.8 Å². The second-order valence-corrected chi connectivity index (χ2v) is 5.11. The molecule has 0 saturated carbocycles. The van der Waals surface area contributed by atoms with Gasteiger partial charge >= 0.3 is 0 Å². The number of nitrogens with one attached hydrogen (secondary N) is 1. The van der Waals surface area contributed by atoms with Crippen LogP contribution in [0.3, 0.4) is 0 Å². The minimum absolute atomic E-state index is 0.0608. The summed E-state index contributed by atoms with van der Waals surface area (Å²) in [5.41, 5.74) is 2.70. The summed E-state index contributed by atoms with van der Waals surface area (Å²) >= 11 is 1.56. The molecule has 0 heterocycles. The molecule has 1 aromatic carbocycles. The Labute approximate surface area is 106 Å². The van der Waals surface area contributed by atoms with Crippen LogP contribution < -0.4 is 11.3 Å². The van der Waals surface area contributed by atoms with Gasteiger partial charge in [0.1, 0.15) is 5.82 Å². The second-order valence-electron chi connectivity index (χ2n) is 4.01. The molecule has 3 nitrogen and oxygen atoms in total. The minimum Gasteiger partial charge on any atom is -0.377 e. The fraction of sp³-hybridized carbons (Fsp3) is 0.500. The molecule has 0 saturated heterocycles. The van der Waals surface area contributed by atoms with E-state index in [0.29, 0.717) is 6.61 Å². The van der Waals surface area contributed by atoms with Crippen LogP contribution in [0.2, 0.25) is 0 Å². The monoisotopic (exact) mass is 258 g/mol. The number of benzene rings is 1. The van der Waals surface area contributed by atoms with Gasteiger partial charge in [0, 0.05) is 10.6 Å². The summed E-state index contributed by atoms with van der Waals surface area (Å²) in [4.78, 5) is 0.898. The van der Waals surface area contributed by atoms with Crippen molar-refractivity contribution in [3.05, 3.63) is 30.1 Å². The van der Waals surface area contributed by atoms with Crippen molar-refractivity contribution in [1.29, 1.82) is 0 Å². The van der Waals surface area contributed by atoms with Gasteiger partial charge in [-0.15, -0.1) is 11.8 Å². The molecule has 0 fully saturated rings. The zero-order valence-corrected chi connectivity index (χ0v) is 11.0. The van der Waals surface area contributed by atoms with Gasteiger partial charge in [0.2, 0.25) is 0 Å². The first-order valence-corrected chi connectivity index (χ1v) is 6.56. The van der Waals surface area contributed by atoms with Crippen molar-refractivity contribution in [2.45, 2.75) is 30.9 Å². The van der Waals surface area contributed by atoms with Gasteiger partial charge in [0.15, 0.2) is 0 Å². The normalized spacial score (nSPS) is 13.0. The van der Waals surface area contributed by atoms with E-state index in [2.05, 4.69) is 5.43 Å². The number of hydrazine groups is 1. The van der Waals surface area contributed by atoms with Crippen LogP contribution >= 0.6 is 11.8 Å². The third kappa shape index (κ3) is 6.02. The quantitative estimate of drug-likeness (QED) is 0.447. The molecular formula is C12H19FN2OS. The van der Waals surface area contributed by atoms with Crippen LogP contribution in [0.25, 0.3) is 0 Å². The van der Waals surface area contributed by atoms with E-state index >= 15 is 0 Å². The first kappa shape index (κ1) is 14.4. The first-order chi connectivity index (χ1) is 8.11. The van der Waals surface area contributed by atoms with Crippen LogP contribution in [-0.4, -0.2) is 24.5 Å². The lowest BCUT2D eigenvalue weighted by Gasteiger charge is -2.17. The average Bonchev–Trinajstić information content (AvgIpc) is 2.29. The van der Waals surface area contributed by atoms with Crippen LogP contribution in [0, 0.1) is 5.82 Å². The maximum Gasteiger partial charge on any atom is 0.124 e. The van der Waals surface area contributed by atoms with Crippen LogP contribution in [-0.2, 0) is 4.74 Å². The van der Waals surface area contributed by atoms with Crippen molar-refractivity contribution in [3.63, 3.8) is 0 Å². The summed E-state index contributed by atoms with van der Waals surface area (Å²) in [6.45, 7) is 4.51. The summed E-state index contributed by atoms with van der Waals surface area (Å²) in [5, 5.41) is 0. The lowest BCUT2D eigenvalue weighted by molar-refractivity contribution is 0.0655. The molecule has 0 aliphatic rings. The van der Waals surface area contributed by atoms with Crippen molar-refractivity contribution in [1.82, 2.24) is 5.43 Å². The number of nitrogens with two attached hydrogens (primary N) is 1. The summed E-state index contributed by atoms with van der Waals surface area (Å²) < 4.78 is 18.4. The number of hydrogen-bond acceptors (Lipinski definition) is 4. The van der Waals surface area contributed by atoms with Gasteiger partial charge in [-0.2, -0.15) is 0 Å². The Hall–Kier alpha value is -0.620. The van der Waals surface area contributed by atoms with E-state index < -0.39 is 0 Å². The summed E-state index contributed by atoms with van der Waals surface area (Å²) in [5.74, 6) is 5.96. The predicted octanol–water partition coefficient (Wildman–Crippen LogP) is 2.17. The van der Waals surface area contributed by atoms with Crippen LogP contribution in [0.15, 0.2) is 29.2 Å². The van der Waals surface area contributed by atoms with Crippen molar-refractivity contribution in [2.24, 2.45) is 5.84 Å². The van der Waals surface area contributed by atoms with E-state index in [1.54, 1.807) is 17.8 Å². The Balaban J connectivity index is 2.37.